The number of hydrogen-bond acceptors (Lipinski definition) is 5. The molecule has 1 aromatic carbocycles. The van der Waals surface area contributed by atoms with E-state index in [1.807, 2.05) is 42.6 Å². The third kappa shape index (κ3) is 2.26. The molecular formula is C17H17N3O2S. The van der Waals surface area contributed by atoms with Gasteiger partial charge in [-0.15, -0.1) is 11.3 Å². The van der Waals surface area contributed by atoms with Gasteiger partial charge in [-0.05, 0) is 17.0 Å². The van der Waals surface area contributed by atoms with Crippen molar-refractivity contribution in [3.8, 4) is 0 Å². The molecule has 1 amide bonds. The molecule has 1 aliphatic heterocycles. The molecule has 0 bridgehead atoms. The number of carbonyl (C=O) groups is 2. The number of Topliss-reactive ketones (excluding diaryl/α,β-unsaturated/α-hetero) is 1. The fraction of sp³-hybridized carbons (Fsp3) is 0.235. The molecule has 0 fully saturated rings. The molecular weight excluding hydrogens is 310 g/mol. The Labute approximate surface area is 138 Å². The molecule has 3 rings (SSSR count). The molecule has 0 aliphatic carbocycles. The van der Waals surface area contributed by atoms with Gasteiger partial charge in [0.2, 0.25) is 0 Å². The smallest absolute Gasteiger partial charge is 0.266 e. The molecule has 1 atom stereocenters. The van der Waals surface area contributed by atoms with Crippen molar-refractivity contribution in [2.75, 3.05) is 7.05 Å². The second-order valence-corrected chi connectivity index (χ2v) is 6.30. The topological polar surface area (TPSA) is 75.8 Å². The number of amides is 1. The minimum atomic E-state index is -1.21. The summed E-state index contributed by atoms with van der Waals surface area (Å²) in [6, 6.07) is 11.1. The number of nitrogens with two attached hydrogens (primary N) is 1. The first-order valence-corrected chi connectivity index (χ1v) is 8.20. The van der Waals surface area contributed by atoms with Crippen LogP contribution in [-0.2, 0) is 10.3 Å². The lowest BCUT2D eigenvalue weighted by Gasteiger charge is -2.24. The Hall–Kier alpha value is -2.47. The molecule has 0 unspecified atom stereocenters. The zero-order chi connectivity index (χ0) is 16.6. The fourth-order valence-electron chi connectivity index (χ4n) is 2.71. The summed E-state index contributed by atoms with van der Waals surface area (Å²) in [4.78, 5) is 31.4. The number of nitrogens with zero attached hydrogens (tertiary/aromatic N) is 2. The van der Waals surface area contributed by atoms with Gasteiger partial charge in [0.05, 0.1) is 4.88 Å². The van der Waals surface area contributed by atoms with Crippen molar-refractivity contribution in [1.82, 2.24) is 4.90 Å². The van der Waals surface area contributed by atoms with Gasteiger partial charge in [0.25, 0.3) is 5.91 Å². The third-order valence-corrected chi connectivity index (χ3v) is 5.02. The quantitative estimate of drug-likeness (QED) is 0.876. The Morgan fingerprint density at radius 1 is 1.30 bits per heavy atom. The zero-order valence-electron chi connectivity index (χ0n) is 12.9. The van der Waals surface area contributed by atoms with Gasteiger partial charge in [0, 0.05) is 19.0 Å². The SMILES string of the molecule is CCC(=O)c1cc([C@]2(c3ccccc3)N=C(N)N(C)C2=O)cs1. The van der Waals surface area contributed by atoms with Crippen molar-refractivity contribution >= 4 is 29.0 Å². The molecule has 1 aromatic heterocycles. The predicted octanol–water partition coefficient (Wildman–Crippen LogP) is 2.37. The van der Waals surface area contributed by atoms with E-state index in [0.29, 0.717) is 16.9 Å². The second kappa shape index (κ2) is 5.62. The molecule has 1 aliphatic rings. The number of likely N-dealkylation sites (N-methyl/N-ethyl adjacent to an activating group) is 1. The Balaban J connectivity index is 2.21. The van der Waals surface area contributed by atoms with Crippen LogP contribution in [0.4, 0.5) is 0 Å². The second-order valence-electron chi connectivity index (χ2n) is 5.39. The van der Waals surface area contributed by atoms with Crippen LogP contribution in [-0.4, -0.2) is 29.6 Å². The van der Waals surface area contributed by atoms with E-state index >= 15 is 0 Å². The molecule has 23 heavy (non-hydrogen) atoms. The average Bonchev–Trinajstić information content (AvgIpc) is 3.15. The van der Waals surface area contributed by atoms with E-state index in [1.165, 1.54) is 16.2 Å². The number of guanidine groups is 1. The summed E-state index contributed by atoms with van der Waals surface area (Å²) in [6.07, 6.45) is 0.428. The van der Waals surface area contributed by atoms with Crippen LogP contribution in [0, 0.1) is 0 Å². The highest BCUT2D eigenvalue weighted by Crippen LogP contribution is 2.41. The van der Waals surface area contributed by atoms with E-state index in [9.17, 15) is 9.59 Å². The Kier molecular flexibility index (Phi) is 3.77. The van der Waals surface area contributed by atoms with Crippen LogP contribution in [0.3, 0.4) is 0 Å². The van der Waals surface area contributed by atoms with Crippen LogP contribution < -0.4 is 5.73 Å². The highest BCUT2D eigenvalue weighted by atomic mass is 32.1. The molecule has 0 saturated carbocycles. The largest absolute Gasteiger partial charge is 0.369 e. The standard InChI is InChI=1S/C17H17N3O2S/c1-3-13(21)14-9-12(10-23-14)17(11-7-5-4-6-8-11)15(22)20(2)16(18)19-17/h4-10H,3H2,1-2H3,(H2,18,19)/t17-/m0/s1. The normalized spacial score (nSPS) is 20.7. The molecule has 5 nitrogen and oxygen atoms in total. The van der Waals surface area contributed by atoms with E-state index in [4.69, 9.17) is 5.73 Å². The molecule has 0 saturated heterocycles. The minimum Gasteiger partial charge on any atom is -0.369 e. The van der Waals surface area contributed by atoms with Gasteiger partial charge in [-0.1, -0.05) is 37.3 Å². The van der Waals surface area contributed by atoms with Crippen molar-refractivity contribution in [1.29, 1.82) is 0 Å². The highest BCUT2D eigenvalue weighted by molar-refractivity contribution is 7.12. The highest BCUT2D eigenvalue weighted by Gasteiger charge is 2.49. The summed E-state index contributed by atoms with van der Waals surface area (Å²) in [5.74, 6) is 0.0168. The van der Waals surface area contributed by atoms with Gasteiger partial charge in [0.1, 0.15) is 0 Å². The molecule has 6 heteroatoms. The fourth-order valence-corrected chi connectivity index (χ4v) is 3.67. The van der Waals surface area contributed by atoms with Crippen molar-refractivity contribution < 1.29 is 9.59 Å². The molecule has 2 heterocycles. The first kappa shape index (κ1) is 15.4. The molecule has 0 radical (unpaired) electrons. The first-order valence-electron chi connectivity index (χ1n) is 7.32. The number of ketones is 1. The molecule has 2 aromatic rings. The molecule has 0 spiro atoms. The van der Waals surface area contributed by atoms with Crippen molar-refractivity contribution in [3.63, 3.8) is 0 Å². The van der Waals surface area contributed by atoms with Crippen molar-refractivity contribution in [2.45, 2.75) is 18.9 Å². The molecule has 118 valence electrons. The summed E-state index contributed by atoms with van der Waals surface area (Å²) in [7, 11) is 1.61. The number of hydrogen-bond donors (Lipinski definition) is 1. The number of aliphatic imine (C=N–C) groups is 1. The lowest BCUT2D eigenvalue weighted by Crippen LogP contribution is -2.40. The first-order chi connectivity index (χ1) is 11.0. The summed E-state index contributed by atoms with van der Waals surface area (Å²) in [6.45, 7) is 1.82. The molecule has 2 N–H and O–H groups in total. The van der Waals surface area contributed by atoms with Gasteiger partial charge < -0.3 is 5.73 Å². The summed E-state index contributed by atoms with van der Waals surface area (Å²) in [5, 5.41) is 1.82. The maximum atomic E-state index is 12.9. The number of carbonyl (C=O) groups excluding carboxylic acids is 2. The number of thiophene rings is 1. The van der Waals surface area contributed by atoms with E-state index in [1.54, 1.807) is 13.1 Å². The summed E-state index contributed by atoms with van der Waals surface area (Å²) >= 11 is 1.34. The van der Waals surface area contributed by atoms with Crippen LogP contribution in [0.25, 0.3) is 0 Å². The monoisotopic (exact) mass is 327 g/mol. The predicted molar refractivity (Wildman–Crippen MR) is 90.6 cm³/mol. The summed E-state index contributed by atoms with van der Waals surface area (Å²) < 4.78 is 0. The lowest BCUT2D eigenvalue weighted by atomic mass is 9.84. The lowest BCUT2D eigenvalue weighted by molar-refractivity contribution is -0.129. The van der Waals surface area contributed by atoms with Gasteiger partial charge in [-0.2, -0.15) is 0 Å². The van der Waals surface area contributed by atoms with Crippen LogP contribution >= 0.6 is 11.3 Å². The van der Waals surface area contributed by atoms with Crippen molar-refractivity contribution in [2.24, 2.45) is 10.7 Å². The van der Waals surface area contributed by atoms with E-state index in [-0.39, 0.29) is 17.6 Å². The maximum absolute atomic E-state index is 12.9. The zero-order valence-corrected chi connectivity index (χ0v) is 13.8. The van der Waals surface area contributed by atoms with Crippen LogP contribution in [0.15, 0.2) is 46.8 Å². The van der Waals surface area contributed by atoms with E-state index in [0.717, 1.165) is 5.56 Å². The van der Waals surface area contributed by atoms with Crippen LogP contribution in [0.2, 0.25) is 0 Å². The van der Waals surface area contributed by atoms with Crippen LogP contribution in [0.5, 0.6) is 0 Å². The van der Waals surface area contributed by atoms with Crippen molar-refractivity contribution in [3.05, 3.63) is 57.8 Å². The Morgan fingerprint density at radius 2 is 2.00 bits per heavy atom. The van der Waals surface area contributed by atoms with E-state index < -0.39 is 5.54 Å². The number of benzene rings is 1. The summed E-state index contributed by atoms with van der Waals surface area (Å²) in [5.41, 5.74) is 6.12. The van der Waals surface area contributed by atoms with E-state index in [2.05, 4.69) is 4.99 Å². The minimum absolute atomic E-state index is 0.0558. The van der Waals surface area contributed by atoms with Gasteiger partial charge in [0.15, 0.2) is 17.3 Å². The van der Waals surface area contributed by atoms with Gasteiger partial charge >= 0.3 is 0 Å². The van der Waals surface area contributed by atoms with Gasteiger partial charge in [-0.3, -0.25) is 14.5 Å². The number of rotatable bonds is 4. The Bertz CT molecular complexity index is 797. The Morgan fingerprint density at radius 3 is 2.57 bits per heavy atom. The third-order valence-electron chi connectivity index (χ3n) is 4.04. The van der Waals surface area contributed by atoms with Gasteiger partial charge in [-0.25, -0.2) is 4.99 Å². The maximum Gasteiger partial charge on any atom is 0.266 e. The van der Waals surface area contributed by atoms with Crippen LogP contribution in [0.1, 0.15) is 34.1 Å². The average molecular weight is 327 g/mol.